The Morgan fingerprint density at radius 3 is 1.86 bits per heavy atom. The monoisotopic (exact) mass is 301 g/mol. The zero-order valence-corrected chi connectivity index (χ0v) is 13.7. The number of urea groups is 1. The van der Waals surface area contributed by atoms with Crippen molar-refractivity contribution >= 4 is 17.9 Å². The van der Waals surface area contributed by atoms with Crippen molar-refractivity contribution in [1.82, 2.24) is 16.0 Å². The summed E-state index contributed by atoms with van der Waals surface area (Å²) in [5.74, 6) is -1.42. The molecule has 122 valence electrons. The molecule has 0 saturated carbocycles. The minimum Gasteiger partial charge on any atom is -0.480 e. The molecule has 0 aliphatic carbocycles. The Hall–Kier alpha value is -1.79. The van der Waals surface area contributed by atoms with Crippen LogP contribution in [-0.4, -0.2) is 40.1 Å². The molecule has 0 saturated heterocycles. The zero-order valence-electron chi connectivity index (χ0n) is 13.7. The lowest BCUT2D eigenvalue weighted by atomic mass is 9.93. The first-order valence-corrected chi connectivity index (χ1v) is 7.11. The van der Waals surface area contributed by atoms with E-state index in [9.17, 15) is 19.5 Å². The summed E-state index contributed by atoms with van der Waals surface area (Å²) in [5.41, 5.74) is -1.72. The highest BCUT2D eigenvalue weighted by molar-refractivity contribution is 5.90. The van der Waals surface area contributed by atoms with Crippen LogP contribution in [0, 0.1) is 0 Å². The van der Waals surface area contributed by atoms with Crippen LogP contribution in [0.25, 0.3) is 0 Å². The molecule has 0 rings (SSSR count). The van der Waals surface area contributed by atoms with Gasteiger partial charge >= 0.3 is 12.0 Å². The average molecular weight is 301 g/mol. The van der Waals surface area contributed by atoms with E-state index < -0.39 is 29.1 Å². The molecular formula is C14H27N3O4. The van der Waals surface area contributed by atoms with Crippen LogP contribution in [0.5, 0.6) is 0 Å². The number of aliphatic carboxylic acids is 1. The lowest BCUT2D eigenvalue weighted by Crippen LogP contribution is -2.59. The number of carbonyl (C=O) groups is 3. The molecule has 0 aromatic heterocycles. The molecule has 0 radical (unpaired) electrons. The molecule has 0 fully saturated rings. The highest BCUT2D eigenvalue weighted by Crippen LogP contribution is 2.15. The first-order valence-electron chi connectivity index (χ1n) is 7.11. The quantitative estimate of drug-likeness (QED) is 0.592. The predicted octanol–water partition coefficient (Wildman–Crippen LogP) is 1.23. The Balaban J connectivity index is 4.69. The third-order valence-electron chi connectivity index (χ3n) is 3.21. The minimum absolute atomic E-state index is 0.259. The molecule has 21 heavy (non-hydrogen) atoms. The summed E-state index contributed by atoms with van der Waals surface area (Å²) >= 11 is 0. The third kappa shape index (κ3) is 6.01. The Morgan fingerprint density at radius 2 is 1.52 bits per heavy atom. The zero-order chi connectivity index (χ0) is 16.8. The molecule has 3 amide bonds. The molecule has 7 nitrogen and oxygen atoms in total. The topological polar surface area (TPSA) is 108 Å². The van der Waals surface area contributed by atoms with Crippen molar-refractivity contribution < 1.29 is 19.5 Å². The maximum absolute atomic E-state index is 11.9. The summed E-state index contributed by atoms with van der Waals surface area (Å²) < 4.78 is 0. The molecule has 4 N–H and O–H groups in total. The first kappa shape index (κ1) is 19.2. The van der Waals surface area contributed by atoms with Crippen LogP contribution >= 0.6 is 0 Å². The van der Waals surface area contributed by atoms with Gasteiger partial charge in [-0.3, -0.25) is 4.79 Å². The van der Waals surface area contributed by atoms with Gasteiger partial charge in [-0.1, -0.05) is 13.8 Å². The molecule has 0 spiro atoms. The van der Waals surface area contributed by atoms with Gasteiger partial charge in [0.25, 0.3) is 0 Å². The van der Waals surface area contributed by atoms with Crippen molar-refractivity contribution in [3.63, 3.8) is 0 Å². The molecule has 0 heterocycles. The highest BCUT2D eigenvalue weighted by atomic mass is 16.4. The van der Waals surface area contributed by atoms with Crippen LogP contribution in [0.1, 0.15) is 54.4 Å². The van der Waals surface area contributed by atoms with Crippen molar-refractivity contribution in [2.45, 2.75) is 71.5 Å². The number of nitrogens with one attached hydrogen (secondary N) is 3. The summed E-state index contributed by atoms with van der Waals surface area (Å²) in [4.78, 5) is 35.1. The minimum atomic E-state index is -1.32. The molecule has 1 atom stereocenters. The van der Waals surface area contributed by atoms with E-state index in [-0.39, 0.29) is 18.7 Å². The van der Waals surface area contributed by atoms with Gasteiger partial charge in [0.15, 0.2) is 0 Å². The second kappa shape index (κ2) is 7.28. The lowest BCUT2D eigenvalue weighted by molar-refractivity contribution is -0.144. The summed E-state index contributed by atoms with van der Waals surface area (Å²) in [6.45, 7) is 10.4. The van der Waals surface area contributed by atoms with Crippen LogP contribution in [0.15, 0.2) is 0 Å². The summed E-state index contributed by atoms with van der Waals surface area (Å²) in [6.07, 6.45) is 0.518. The van der Waals surface area contributed by atoms with Gasteiger partial charge in [-0.05, 0) is 40.5 Å². The van der Waals surface area contributed by atoms with Crippen LogP contribution in [0.4, 0.5) is 4.79 Å². The molecule has 0 bridgehead atoms. The number of hydrogen-bond acceptors (Lipinski definition) is 3. The van der Waals surface area contributed by atoms with Crippen LogP contribution in [0.3, 0.4) is 0 Å². The van der Waals surface area contributed by atoms with Crippen LogP contribution in [0.2, 0.25) is 0 Å². The number of rotatable bonds is 6. The molecule has 0 aromatic carbocycles. The summed E-state index contributed by atoms with van der Waals surface area (Å²) in [6, 6.07) is -1.43. The van der Waals surface area contributed by atoms with E-state index in [1.807, 2.05) is 20.8 Å². The second-order valence-electron chi connectivity index (χ2n) is 6.15. The van der Waals surface area contributed by atoms with Gasteiger partial charge in [0, 0.05) is 5.54 Å². The third-order valence-corrected chi connectivity index (χ3v) is 3.21. The second-order valence-corrected chi connectivity index (χ2v) is 6.15. The Morgan fingerprint density at radius 1 is 1.05 bits per heavy atom. The number of carbonyl (C=O) groups excluding carboxylic acids is 2. The molecular weight excluding hydrogens is 274 g/mol. The maximum atomic E-state index is 11.9. The van der Waals surface area contributed by atoms with Crippen LogP contribution < -0.4 is 16.0 Å². The Bertz CT molecular complexity index is 398. The van der Waals surface area contributed by atoms with Gasteiger partial charge in [-0.25, -0.2) is 9.59 Å². The molecule has 0 aromatic rings. The van der Waals surface area contributed by atoms with E-state index in [2.05, 4.69) is 16.0 Å². The molecule has 0 aliphatic rings. The normalized spacial score (nSPS) is 13.2. The Labute approximate surface area is 125 Å². The van der Waals surface area contributed by atoms with Crippen molar-refractivity contribution in [1.29, 1.82) is 0 Å². The maximum Gasteiger partial charge on any atom is 0.329 e. The van der Waals surface area contributed by atoms with Crippen molar-refractivity contribution in [2.75, 3.05) is 0 Å². The van der Waals surface area contributed by atoms with E-state index in [0.29, 0.717) is 0 Å². The van der Waals surface area contributed by atoms with Gasteiger partial charge in [0.05, 0.1) is 0 Å². The molecule has 0 aliphatic heterocycles. The average Bonchev–Trinajstić information content (AvgIpc) is 2.33. The van der Waals surface area contributed by atoms with Gasteiger partial charge in [-0.15, -0.1) is 0 Å². The van der Waals surface area contributed by atoms with E-state index >= 15 is 0 Å². The van der Waals surface area contributed by atoms with E-state index in [1.54, 1.807) is 20.8 Å². The first-order chi connectivity index (χ1) is 9.47. The molecule has 1 unspecified atom stereocenters. The van der Waals surface area contributed by atoms with Gasteiger partial charge in [0.2, 0.25) is 5.91 Å². The summed E-state index contributed by atoms with van der Waals surface area (Å²) in [7, 11) is 0. The molecule has 7 heteroatoms. The fourth-order valence-electron chi connectivity index (χ4n) is 1.78. The lowest BCUT2D eigenvalue weighted by Gasteiger charge is -2.29. The number of amides is 3. The van der Waals surface area contributed by atoms with E-state index in [1.165, 1.54) is 0 Å². The van der Waals surface area contributed by atoms with Crippen molar-refractivity contribution in [2.24, 2.45) is 0 Å². The number of carboxylic acids is 1. The van der Waals surface area contributed by atoms with Gasteiger partial charge in [-0.2, -0.15) is 0 Å². The Kier molecular flexibility index (Phi) is 6.66. The van der Waals surface area contributed by atoms with E-state index in [4.69, 9.17) is 0 Å². The fourth-order valence-corrected chi connectivity index (χ4v) is 1.78. The number of carboxylic acid groups (broad SMARTS) is 1. The van der Waals surface area contributed by atoms with Crippen LogP contribution in [-0.2, 0) is 9.59 Å². The van der Waals surface area contributed by atoms with Gasteiger partial charge < -0.3 is 21.1 Å². The summed E-state index contributed by atoms with van der Waals surface area (Å²) in [5, 5.41) is 16.9. The van der Waals surface area contributed by atoms with Crippen molar-refractivity contribution in [3.8, 4) is 0 Å². The largest absolute Gasteiger partial charge is 0.480 e. The highest BCUT2D eigenvalue weighted by Gasteiger charge is 2.36. The number of hydrogen-bond donors (Lipinski definition) is 4. The van der Waals surface area contributed by atoms with E-state index in [0.717, 1.165) is 0 Å². The van der Waals surface area contributed by atoms with Crippen molar-refractivity contribution in [3.05, 3.63) is 0 Å². The van der Waals surface area contributed by atoms with Gasteiger partial charge in [0.1, 0.15) is 11.6 Å². The fraction of sp³-hybridized carbons (Fsp3) is 0.786. The standard InChI is InChI=1S/C14H27N3O4/c1-7-14(8-2,11(19)20)17-12(21)15-9(3)10(18)16-13(4,5)6/h9H,7-8H2,1-6H3,(H,16,18)(H,19,20)(H2,15,17,21). The predicted molar refractivity (Wildman–Crippen MR) is 80.0 cm³/mol. The SMILES string of the molecule is CCC(CC)(NC(=O)NC(C)C(=O)NC(C)(C)C)C(=O)O. The smallest absolute Gasteiger partial charge is 0.329 e.